The third kappa shape index (κ3) is 2.60. The second kappa shape index (κ2) is 5.47. The van der Waals surface area contributed by atoms with Crippen molar-refractivity contribution in [2.45, 2.75) is 47.9 Å². The Labute approximate surface area is 144 Å². The molecule has 1 aromatic rings. The van der Waals surface area contributed by atoms with E-state index in [1.807, 2.05) is 6.92 Å². The first kappa shape index (κ1) is 17.2. The van der Waals surface area contributed by atoms with Crippen LogP contribution in [0.5, 0.6) is 0 Å². The van der Waals surface area contributed by atoms with Crippen molar-refractivity contribution in [1.29, 1.82) is 0 Å². The summed E-state index contributed by atoms with van der Waals surface area (Å²) in [6, 6.07) is 4.33. The number of rotatable bonds is 3. The van der Waals surface area contributed by atoms with Crippen LogP contribution in [-0.4, -0.2) is 47.4 Å². The van der Waals surface area contributed by atoms with Crippen LogP contribution in [0.25, 0.3) is 0 Å². The summed E-state index contributed by atoms with van der Waals surface area (Å²) in [5, 5.41) is -0.327. The van der Waals surface area contributed by atoms with Gasteiger partial charge in [0.25, 0.3) is 0 Å². The largest absolute Gasteiger partial charge is 0.346 e. The molecular weight excluding hydrogens is 352 g/mol. The van der Waals surface area contributed by atoms with Gasteiger partial charge in [0.15, 0.2) is 0 Å². The van der Waals surface area contributed by atoms with Crippen LogP contribution in [0.3, 0.4) is 0 Å². The van der Waals surface area contributed by atoms with E-state index in [9.17, 15) is 18.0 Å². The van der Waals surface area contributed by atoms with Gasteiger partial charge in [0.2, 0.25) is 5.91 Å². The average Bonchev–Trinajstić information content (AvgIpc) is 2.75. The van der Waals surface area contributed by atoms with Gasteiger partial charge in [0, 0.05) is 4.75 Å². The number of β-lactam (4-membered cyclic amide) rings is 1. The summed E-state index contributed by atoms with van der Waals surface area (Å²) < 4.78 is 28.7. The Morgan fingerprint density at radius 3 is 2.46 bits per heavy atom. The number of aryl methyl sites for hydroxylation is 1. The van der Waals surface area contributed by atoms with Crippen LogP contribution in [0.15, 0.2) is 29.2 Å². The number of thioether (sulfide) groups is 1. The topological polar surface area (TPSA) is 107 Å². The Morgan fingerprint density at radius 2 is 1.88 bits per heavy atom. The summed E-state index contributed by atoms with van der Waals surface area (Å²) in [5.41, 5.74) is 6.63. The molecule has 0 aromatic heterocycles. The minimum atomic E-state index is -4.24. The number of benzene rings is 1. The summed E-state index contributed by atoms with van der Waals surface area (Å²) in [4.78, 5) is 25.7. The number of fused-ring (bicyclic) bond motifs is 1. The van der Waals surface area contributed by atoms with Crippen LogP contribution in [0.2, 0.25) is 0 Å². The van der Waals surface area contributed by atoms with Crippen molar-refractivity contribution in [2.24, 2.45) is 5.73 Å². The van der Waals surface area contributed by atoms with Crippen molar-refractivity contribution in [3.05, 3.63) is 29.8 Å². The summed E-state index contributed by atoms with van der Waals surface area (Å²) in [6.07, 6.45) is 0. The van der Waals surface area contributed by atoms with Crippen LogP contribution in [0, 0.1) is 6.92 Å². The van der Waals surface area contributed by atoms with E-state index in [4.69, 9.17) is 9.92 Å². The molecule has 0 saturated carbocycles. The predicted octanol–water partition coefficient (Wildman–Crippen LogP) is 0.617. The maximum atomic E-state index is 12.5. The maximum Gasteiger partial charge on any atom is 0.346 e. The highest BCUT2D eigenvalue weighted by Gasteiger charge is 2.63. The number of amides is 1. The van der Waals surface area contributed by atoms with Gasteiger partial charge in [0.1, 0.15) is 22.4 Å². The lowest BCUT2D eigenvalue weighted by atomic mass is 9.96. The third-order valence-electron chi connectivity index (χ3n) is 4.21. The Hall–Kier alpha value is -1.58. The molecule has 1 aromatic carbocycles. The van der Waals surface area contributed by atoms with E-state index in [1.54, 1.807) is 26.0 Å². The molecule has 0 spiro atoms. The molecule has 24 heavy (non-hydrogen) atoms. The Morgan fingerprint density at radius 1 is 1.29 bits per heavy atom. The normalized spacial score (nSPS) is 28.2. The Bertz CT molecular complexity index is 804. The van der Waals surface area contributed by atoms with E-state index in [1.165, 1.54) is 28.8 Å². The van der Waals surface area contributed by atoms with Crippen LogP contribution >= 0.6 is 11.8 Å². The number of nitrogens with zero attached hydrogens (tertiary/aromatic N) is 1. The zero-order valence-electron chi connectivity index (χ0n) is 13.4. The standard InChI is InChI=1S/C15H18N2O5S2/c1-8-4-6-9(7-5-8)24(20,21)22-14(19)11-15(2,3)23-13-10(16)12(18)17(11)13/h4-7,10-11,13H,16H2,1-3H3. The SMILES string of the molecule is Cc1ccc(S(=O)(=O)OC(=O)C2N3C(=O)C(N)C3SC2(C)C)cc1. The molecule has 0 radical (unpaired) electrons. The highest BCUT2D eigenvalue weighted by atomic mass is 32.2. The number of carbonyl (C=O) groups is 2. The van der Waals surface area contributed by atoms with E-state index in [0.717, 1.165) is 5.56 Å². The van der Waals surface area contributed by atoms with E-state index in [2.05, 4.69) is 0 Å². The van der Waals surface area contributed by atoms with E-state index in [-0.39, 0.29) is 16.2 Å². The smallest absolute Gasteiger partial charge is 0.340 e. The fraction of sp³-hybridized carbons (Fsp3) is 0.467. The van der Waals surface area contributed by atoms with Crippen molar-refractivity contribution in [3.8, 4) is 0 Å². The van der Waals surface area contributed by atoms with Gasteiger partial charge in [-0.2, -0.15) is 8.42 Å². The third-order valence-corrected chi connectivity index (χ3v) is 7.03. The number of carbonyl (C=O) groups excluding carboxylic acids is 2. The summed E-state index contributed by atoms with van der Waals surface area (Å²) in [5.74, 6) is -1.33. The number of hydrogen-bond acceptors (Lipinski definition) is 7. The first-order valence-corrected chi connectivity index (χ1v) is 9.64. The van der Waals surface area contributed by atoms with Crippen molar-refractivity contribution >= 4 is 33.8 Å². The van der Waals surface area contributed by atoms with Gasteiger partial charge in [-0.25, -0.2) is 4.79 Å². The van der Waals surface area contributed by atoms with Gasteiger partial charge in [-0.05, 0) is 32.9 Å². The highest BCUT2D eigenvalue weighted by Crippen LogP contribution is 2.50. The van der Waals surface area contributed by atoms with Crippen molar-refractivity contribution in [3.63, 3.8) is 0 Å². The number of hydrogen-bond donors (Lipinski definition) is 1. The van der Waals surface area contributed by atoms with Crippen LogP contribution in [0.1, 0.15) is 19.4 Å². The molecule has 2 aliphatic heterocycles. The van der Waals surface area contributed by atoms with Crippen molar-refractivity contribution in [2.75, 3.05) is 0 Å². The second-order valence-corrected chi connectivity index (χ2v) is 9.77. The molecule has 0 aliphatic carbocycles. The molecule has 2 N–H and O–H groups in total. The zero-order valence-corrected chi connectivity index (χ0v) is 15.1. The molecule has 3 unspecified atom stereocenters. The monoisotopic (exact) mass is 370 g/mol. The zero-order chi connectivity index (χ0) is 17.9. The van der Waals surface area contributed by atoms with E-state index >= 15 is 0 Å². The highest BCUT2D eigenvalue weighted by molar-refractivity contribution is 8.01. The molecule has 1 amide bonds. The molecule has 3 rings (SSSR count). The van der Waals surface area contributed by atoms with Crippen LogP contribution in [-0.2, 0) is 23.9 Å². The predicted molar refractivity (Wildman–Crippen MR) is 88.5 cm³/mol. The molecule has 130 valence electrons. The van der Waals surface area contributed by atoms with E-state index in [0.29, 0.717) is 0 Å². The maximum absolute atomic E-state index is 12.5. The van der Waals surface area contributed by atoms with Gasteiger partial charge in [0.05, 0.1) is 0 Å². The number of nitrogens with two attached hydrogens (primary N) is 1. The van der Waals surface area contributed by atoms with Gasteiger partial charge in [-0.1, -0.05) is 17.7 Å². The molecule has 2 heterocycles. The molecule has 2 fully saturated rings. The lowest BCUT2D eigenvalue weighted by Crippen LogP contribution is -2.68. The first-order chi connectivity index (χ1) is 11.0. The van der Waals surface area contributed by atoms with Gasteiger partial charge in [-0.3, -0.25) is 4.79 Å². The summed E-state index contributed by atoms with van der Waals surface area (Å²) >= 11 is 1.37. The molecule has 2 aliphatic rings. The average molecular weight is 370 g/mol. The molecule has 2 saturated heterocycles. The van der Waals surface area contributed by atoms with Crippen LogP contribution < -0.4 is 5.73 Å². The molecule has 3 atom stereocenters. The lowest BCUT2D eigenvalue weighted by molar-refractivity contribution is -0.157. The van der Waals surface area contributed by atoms with Crippen molar-refractivity contribution < 1.29 is 22.2 Å². The quantitative estimate of drug-likeness (QED) is 0.614. The van der Waals surface area contributed by atoms with Gasteiger partial charge >= 0.3 is 16.1 Å². The Balaban J connectivity index is 1.84. The fourth-order valence-corrected chi connectivity index (χ4v) is 5.37. The minimum Gasteiger partial charge on any atom is -0.340 e. The van der Waals surface area contributed by atoms with E-state index < -0.39 is 32.9 Å². The van der Waals surface area contributed by atoms with Gasteiger partial charge < -0.3 is 14.8 Å². The van der Waals surface area contributed by atoms with Crippen molar-refractivity contribution in [1.82, 2.24) is 4.90 Å². The molecular formula is C15H18N2O5S2. The summed E-state index contributed by atoms with van der Waals surface area (Å²) in [6.45, 7) is 5.35. The first-order valence-electron chi connectivity index (χ1n) is 7.35. The second-order valence-electron chi connectivity index (χ2n) is 6.46. The lowest BCUT2D eigenvalue weighted by Gasteiger charge is -2.41. The van der Waals surface area contributed by atoms with Gasteiger partial charge in [-0.15, -0.1) is 11.8 Å². The molecule has 7 nitrogen and oxygen atoms in total. The van der Waals surface area contributed by atoms with Crippen LogP contribution in [0.4, 0.5) is 0 Å². The molecule has 0 bridgehead atoms. The summed E-state index contributed by atoms with van der Waals surface area (Å²) in [7, 11) is -4.24. The molecule has 9 heteroatoms. The fourth-order valence-electron chi connectivity index (χ4n) is 2.93. The Kier molecular flexibility index (Phi) is 3.93. The minimum absolute atomic E-state index is 0.104.